The lowest BCUT2D eigenvalue weighted by Gasteiger charge is -2.09. The Morgan fingerprint density at radius 1 is 0.846 bits per heavy atom. The van der Waals surface area contributed by atoms with E-state index in [4.69, 9.17) is 27.9 Å². The molecular weight excluding hydrogens is 391 g/mol. The second-order valence-electron chi connectivity index (χ2n) is 5.63. The summed E-state index contributed by atoms with van der Waals surface area (Å²) in [6.07, 6.45) is 3.60. The quantitative estimate of drug-likeness (QED) is 0.545. The lowest BCUT2D eigenvalue weighted by atomic mass is 10.2. The van der Waals surface area contributed by atoms with Crippen molar-refractivity contribution in [1.82, 2.24) is 10.3 Å². The first kappa shape index (κ1) is 20.5. The minimum absolute atomic E-state index is 0. The van der Waals surface area contributed by atoms with Crippen LogP contribution in [0.15, 0.2) is 67.0 Å². The average molecular weight is 410 g/mol. The number of benzene rings is 2. The third kappa shape index (κ3) is 6.19. The Morgan fingerprint density at radius 2 is 1.50 bits per heavy atom. The van der Waals surface area contributed by atoms with Crippen LogP contribution in [-0.2, 0) is 19.7 Å². The maximum Gasteiger partial charge on any atom is 0.119 e. The highest BCUT2D eigenvalue weighted by molar-refractivity contribution is 6.35. The zero-order valence-corrected chi connectivity index (χ0v) is 16.3. The predicted octanol–water partition coefficient (Wildman–Crippen LogP) is 5.68. The number of hydrogen-bond acceptors (Lipinski definition) is 3. The Labute approximate surface area is 169 Å². The van der Waals surface area contributed by atoms with Crippen LogP contribution in [-0.4, -0.2) is 4.98 Å². The molecular formula is C20H19Cl3N2O. The summed E-state index contributed by atoms with van der Waals surface area (Å²) in [5, 5.41) is 4.65. The summed E-state index contributed by atoms with van der Waals surface area (Å²) in [5.74, 6) is 0.809. The molecule has 1 heterocycles. The van der Waals surface area contributed by atoms with Gasteiger partial charge in [-0.3, -0.25) is 4.98 Å². The van der Waals surface area contributed by atoms with Crippen molar-refractivity contribution in [3.8, 4) is 5.75 Å². The molecule has 3 nitrogen and oxygen atoms in total. The fourth-order valence-corrected chi connectivity index (χ4v) is 2.82. The summed E-state index contributed by atoms with van der Waals surface area (Å²) in [4.78, 5) is 4.01. The minimum atomic E-state index is 0. The second-order valence-corrected chi connectivity index (χ2v) is 6.47. The molecule has 0 saturated carbocycles. The number of ether oxygens (including phenoxy) is 1. The molecule has 3 aromatic rings. The molecule has 2 aromatic carbocycles. The van der Waals surface area contributed by atoms with Crippen LogP contribution in [0, 0.1) is 0 Å². The molecule has 0 unspecified atom stereocenters. The Balaban J connectivity index is 0.00000243. The maximum absolute atomic E-state index is 6.15. The Kier molecular flexibility index (Phi) is 8.20. The molecule has 0 aliphatic carbocycles. The molecule has 26 heavy (non-hydrogen) atoms. The zero-order valence-electron chi connectivity index (χ0n) is 14.0. The molecule has 0 fully saturated rings. The van der Waals surface area contributed by atoms with Crippen LogP contribution in [0.4, 0.5) is 0 Å². The van der Waals surface area contributed by atoms with Crippen LogP contribution < -0.4 is 10.1 Å². The number of aromatic nitrogens is 1. The molecule has 0 amide bonds. The summed E-state index contributed by atoms with van der Waals surface area (Å²) >= 11 is 12.1. The maximum atomic E-state index is 6.15. The van der Waals surface area contributed by atoms with Crippen molar-refractivity contribution in [2.45, 2.75) is 19.7 Å². The van der Waals surface area contributed by atoms with Crippen molar-refractivity contribution in [1.29, 1.82) is 0 Å². The van der Waals surface area contributed by atoms with E-state index in [1.165, 1.54) is 11.1 Å². The number of hydrogen-bond donors (Lipinski definition) is 1. The molecule has 1 N–H and O–H groups in total. The first-order valence-corrected chi connectivity index (χ1v) is 8.71. The number of pyridine rings is 1. The summed E-state index contributed by atoms with van der Waals surface area (Å²) < 4.78 is 5.79. The van der Waals surface area contributed by atoms with Crippen molar-refractivity contribution in [2.24, 2.45) is 0 Å². The van der Waals surface area contributed by atoms with E-state index in [0.717, 1.165) is 24.4 Å². The van der Waals surface area contributed by atoms with E-state index in [0.29, 0.717) is 16.7 Å². The summed E-state index contributed by atoms with van der Waals surface area (Å²) in [7, 11) is 0. The monoisotopic (exact) mass is 408 g/mol. The highest BCUT2D eigenvalue weighted by atomic mass is 35.5. The van der Waals surface area contributed by atoms with Gasteiger partial charge in [-0.1, -0.05) is 41.4 Å². The van der Waals surface area contributed by atoms with E-state index in [2.05, 4.69) is 22.4 Å². The smallest absolute Gasteiger partial charge is 0.119 e. The van der Waals surface area contributed by atoms with E-state index in [9.17, 15) is 0 Å². The highest BCUT2D eigenvalue weighted by Gasteiger charge is 2.03. The molecule has 0 bridgehead atoms. The van der Waals surface area contributed by atoms with Crippen molar-refractivity contribution >= 4 is 35.6 Å². The minimum Gasteiger partial charge on any atom is -0.489 e. The number of halogens is 3. The molecule has 136 valence electrons. The van der Waals surface area contributed by atoms with Gasteiger partial charge in [0.25, 0.3) is 0 Å². The largest absolute Gasteiger partial charge is 0.489 e. The van der Waals surface area contributed by atoms with Gasteiger partial charge < -0.3 is 10.1 Å². The molecule has 0 saturated heterocycles. The predicted molar refractivity (Wildman–Crippen MR) is 109 cm³/mol. The van der Waals surface area contributed by atoms with E-state index >= 15 is 0 Å². The van der Waals surface area contributed by atoms with Gasteiger partial charge in [-0.05, 0) is 47.5 Å². The van der Waals surface area contributed by atoms with E-state index in [-0.39, 0.29) is 12.4 Å². The summed E-state index contributed by atoms with van der Waals surface area (Å²) in [5.41, 5.74) is 3.33. The summed E-state index contributed by atoms with van der Waals surface area (Å²) in [6.45, 7) is 2.02. The van der Waals surface area contributed by atoms with E-state index in [1.807, 2.05) is 36.4 Å². The van der Waals surface area contributed by atoms with E-state index in [1.54, 1.807) is 18.5 Å². The van der Waals surface area contributed by atoms with Crippen molar-refractivity contribution < 1.29 is 4.74 Å². The van der Waals surface area contributed by atoms with Crippen LogP contribution in [0.5, 0.6) is 5.75 Å². The molecule has 0 aliphatic heterocycles. The van der Waals surface area contributed by atoms with Crippen LogP contribution in [0.3, 0.4) is 0 Å². The van der Waals surface area contributed by atoms with Crippen molar-refractivity contribution in [2.75, 3.05) is 0 Å². The standard InChI is InChI=1S/C20H18Cl2N2O.ClH/c21-18-4-3-17(20(22)11-18)14-25-19-5-1-15(2-6-19)12-24-13-16-7-9-23-10-8-16;/h1-11,24H,12-14H2;1H. The molecule has 0 spiro atoms. The van der Waals surface area contributed by atoms with Gasteiger partial charge in [0.05, 0.1) is 0 Å². The number of nitrogens with zero attached hydrogens (tertiary/aromatic N) is 1. The molecule has 0 aliphatic rings. The van der Waals surface area contributed by atoms with Crippen LogP contribution in [0.1, 0.15) is 16.7 Å². The number of rotatable bonds is 7. The molecule has 0 atom stereocenters. The van der Waals surface area contributed by atoms with Crippen LogP contribution >= 0.6 is 35.6 Å². The van der Waals surface area contributed by atoms with Gasteiger partial charge in [0.15, 0.2) is 0 Å². The van der Waals surface area contributed by atoms with Gasteiger partial charge in [0.2, 0.25) is 0 Å². The zero-order chi connectivity index (χ0) is 17.5. The Morgan fingerprint density at radius 3 is 2.15 bits per heavy atom. The third-order valence-electron chi connectivity index (χ3n) is 3.74. The van der Waals surface area contributed by atoms with Gasteiger partial charge in [-0.15, -0.1) is 12.4 Å². The van der Waals surface area contributed by atoms with Crippen LogP contribution in [0.25, 0.3) is 0 Å². The SMILES string of the molecule is Cl.Clc1ccc(COc2ccc(CNCc3ccncc3)cc2)c(Cl)c1. The van der Waals surface area contributed by atoms with Gasteiger partial charge in [0, 0.05) is 41.1 Å². The Bertz CT molecular complexity index is 811. The third-order valence-corrected chi connectivity index (χ3v) is 4.33. The number of nitrogens with one attached hydrogen (secondary N) is 1. The van der Waals surface area contributed by atoms with Crippen molar-refractivity contribution in [3.05, 3.63) is 93.7 Å². The average Bonchev–Trinajstić information content (AvgIpc) is 2.63. The fourth-order valence-electron chi connectivity index (χ4n) is 2.36. The second kappa shape index (κ2) is 10.4. The van der Waals surface area contributed by atoms with Crippen molar-refractivity contribution in [3.63, 3.8) is 0 Å². The topological polar surface area (TPSA) is 34.1 Å². The van der Waals surface area contributed by atoms with Crippen LogP contribution in [0.2, 0.25) is 10.0 Å². The van der Waals surface area contributed by atoms with Gasteiger partial charge >= 0.3 is 0 Å². The Hall–Kier alpha value is -1.78. The molecule has 1 aromatic heterocycles. The molecule has 0 radical (unpaired) electrons. The lowest BCUT2D eigenvalue weighted by Crippen LogP contribution is -2.12. The highest BCUT2D eigenvalue weighted by Crippen LogP contribution is 2.22. The first-order chi connectivity index (χ1) is 12.2. The van der Waals surface area contributed by atoms with Gasteiger partial charge in [-0.25, -0.2) is 0 Å². The van der Waals surface area contributed by atoms with Gasteiger partial charge in [-0.2, -0.15) is 0 Å². The lowest BCUT2D eigenvalue weighted by molar-refractivity contribution is 0.306. The normalized spacial score (nSPS) is 10.2. The fraction of sp³-hybridized carbons (Fsp3) is 0.150. The molecule has 3 rings (SSSR count). The van der Waals surface area contributed by atoms with E-state index < -0.39 is 0 Å². The van der Waals surface area contributed by atoms with Gasteiger partial charge in [0.1, 0.15) is 12.4 Å². The molecule has 6 heteroatoms. The first-order valence-electron chi connectivity index (χ1n) is 7.96. The summed E-state index contributed by atoms with van der Waals surface area (Å²) in [6, 6.07) is 17.5.